The van der Waals surface area contributed by atoms with E-state index in [2.05, 4.69) is 42.1 Å². The van der Waals surface area contributed by atoms with Gasteiger partial charge in [0.1, 0.15) is 16.8 Å². The number of thiophene rings is 1. The van der Waals surface area contributed by atoms with Gasteiger partial charge in [0.2, 0.25) is 0 Å². The lowest BCUT2D eigenvalue weighted by atomic mass is 10.1. The number of aromatic nitrogens is 2. The Hall–Kier alpha value is -1.13. The van der Waals surface area contributed by atoms with Crippen molar-refractivity contribution in [1.29, 1.82) is 0 Å². The minimum Gasteiger partial charge on any atom is -0.363 e. The van der Waals surface area contributed by atoms with Crippen LogP contribution < -0.4 is 5.32 Å². The Morgan fingerprint density at radius 2 is 2.05 bits per heavy atom. The molecule has 1 N–H and O–H groups in total. The topological polar surface area (TPSA) is 37.8 Å². The van der Waals surface area contributed by atoms with Crippen molar-refractivity contribution in [2.24, 2.45) is 0 Å². The predicted molar refractivity (Wildman–Crippen MR) is 84.8 cm³/mol. The maximum absolute atomic E-state index is 6.10. The van der Waals surface area contributed by atoms with Crippen molar-refractivity contribution in [1.82, 2.24) is 9.97 Å². The van der Waals surface area contributed by atoms with Crippen LogP contribution in [-0.4, -0.2) is 9.97 Å². The number of halogens is 1. The summed E-state index contributed by atoms with van der Waals surface area (Å²) in [5.41, 5.74) is 1.33. The van der Waals surface area contributed by atoms with Crippen LogP contribution in [0.3, 0.4) is 0 Å². The highest BCUT2D eigenvalue weighted by Crippen LogP contribution is 2.39. The lowest BCUT2D eigenvalue weighted by Gasteiger charge is -2.15. The standard InChI is InChI=1S/C15H18ClN3S/c1-8-6-12(10(3)20-8)9(2)17-14-7-13(16)18-15(19-14)11-4-5-11/h6-7,9,11H,4-5H2,1-3H3,(H,17,18,19). The summed E-state index contributed by atoms with van der Waals surface area (Å²) in [6, 6.07) is 4.26. The molecule has 0 radical (unpaired) electrons. The van der Waals surface area contributed by atoms with Crippen molar-refractivity contribution in [3.63, 3.8) is 0 Å². The highest BCUT2D eigenvalue weighted by atomic mass is 35.5. The van der Waals surface area contributed by atoms with E-state index >= 15 is 0 Å². The van der Waals surface area contributed by atoms with Crippen LogP contribution in [0.5, 0.6) is 0 Å². The predicted octanol–water partition coefficient (Wildman–Crippen LogP) is 4.86. The summed E-state index contributed by atoms with van der Waals surface area (Å²) in [6.45, 7) is 6.45. The molecule has 2 heterocycles. The summed E-state index contributed by atoms with van der Waals surface area (Å²) in [5.74, 6) is 2.21. The zero-order chi connectivity index (χ0) is 14.3. The second-order valence-electron chi connectivity index (χ2n) is 5.44. The zero-order valence-electron chi connectivity index (χ0n) is 11.9. The Morgan fingerprint density at radius 3 is 2.65 bits per heavy atom. The summed E-state index contributed by atoms with van der Waals surface area (Å²) in [4.78, 5) is 11.6. The van der Waals surface area contributed by atoms with Crippen molar-refractivity contribution in [3.8, 4) is 0 Å². The van der Waals surface area contributed by atoms with E-state index in [-0.39, 0.29) is 6.04 Å². The van der Waals surface area contributed by atoms with E-state index in [1.54, 1.807) is 6.07 Å². The number of anilines is 1. The fourth-order valence-electron chi connectivity index (χ4n) is 2.41. The van der Waals surface area contributed by atoms with E-state index in [0.29, 0.717) is 11.1 Å². The number of rotatable bonds is 4. The van der Waals surface area contributed by atoms with Gasteiger partial charge in [-0.15, -0.1) is 11.3 Å². The van der Waals surface area contributed by atoms with Crippen LogP contribution in [0.15, 0.2) is 12.1 Å². The van der Waals surface area contributed by atoms with Crippen molar-refractivity contribution in [3.05, 3.63) is 38.4 Å². The summed E-state index contributed by atoms with van der Waals surface area (Å²) >= 11 is 7.93. The molecule has 0 aromatic carbocycles. The molecule has 1 saturated carbocycles. The van der Waals surface area contributed by atoms with Gasteiger partial charge in [-0.25, -0.2) is 9.97 Å². The molecule has 5 heteroatoms. The second kappa shape index (κ2) is 5.34. The van der Waals surface area contributed by atoms with Gasteiger partial charge in [-0.3, -0.25) is 0 Å². The quantitative estimate of drug-likeness (QED) is 0.820. The Labute approximate surface area is 128 Å². The Balaban J connectivity index is 1.81. The van der Waals surface area contributed by atoms with Crippen molar-refractivity contribution < 1.29 is 0 Å². The molecule has 3 nitrogen and oxygen atoms in total. The van der Waals surface area contributed by atoms with E-state index < -0.39 is 0 Å². The molecule has 2 aromatic rings. The lowest BCUT2D eigenvalue weighted by Crippen LogP contribution is -2.09. The van der Waals surface area contributed by atoms with E-state index in [9.17, 15) is 0 Å². The highest BCUT2D eigenvalue weighted by Gasteiger charge is 2.27. The van der Waals surface area contributed by atoms with Crippen molar-refractivity contribution in [2.45, 2.75) is 45.6 Å². The lowest BCUT2D eigenvalue weighted by molar-refractivity contribution is 0.852. The minimum atomic E-state index is 0.220. The largest absolute Gasteiger partial charge is 0.363 e. The normalized spacial score (nSPS) is 16.2. The van der Waals surface area contributed by atoms with Gasteiger partial charge in [-0.2, -0.15) is 0 Å². The smallest absolute Gasteiger partial charge is 0.135 e. The van der Waals surface area contributed by atoms with E-state index in [1.165, 1.54) is 28.2 Å². The van der Waals surface area contributed by atoms with Gasteiger partial charge in [0.15, 0.2) is 0 Å². The zero-order valence-corrected chi connectivity index (χ0v) is 13.5. The molecule has 106 valence electrons. The Morgan fingerprint density at radius 1 is 1.30 bits per heavy atom. The summed E-state index contributed by atoms with van der Waals surface area (Å²) < 4.78 is 0. The first-order chi connectivity index (χ1) is 9.52. The fourth-order valence-corrected chi connectivity index (χ4v) is 3.63. The molecule has 0 bridgehead atoms. The molecule has 1 fully saturated rings. The molecule has 1 aliphatic carbocycles. The molecule has 20 heavy (non-hydrogen) atoms. The highest BCUT2D eigenvalue weighted by molar-refractivity contribution is 7.12. The first kappa shape index (κ1) is 13.8. The fraction of sp³-hybridized carbons (Fsp3) is 0.467. The molecular formula is C15H18ClN3S. The van der Waals surface area contributed by atoms with Crippen LogP contribution in [0, 0.1) is 13.8 Å². The molecule has 2 aromatic heterocycles. The molecule has 0 amide bonds. The third-order valence-electron chi connectivity index (χ3n) is 3.56. The maximum atomic E-state index is 6.10. The molecule has 1 unspecified atom stereocenters. The number of hydrogen-bond acceptors (Lipinski definition) is 4. The molecule has 1 aliphatic rings. The van der Waals surface area contributed by atoms with Gasteiger partial charge in [0, 0.05) is 21.7 Å². The molecule has 1 atom stereocenters. The Kier molecular flexibility index (Phi) is 3.69. The van der Waals surface area contributed by atoms with Crippen LogP contribution in [-0.2, 0) is 0 Å². The van der Waals surface area contributed by atoms with Crippen LogP contribution in [0.25, 0.3) is 0 Å². The molecule has 3 rings (SSSR count). The molecule has 0 spiro atoms. The SMILES string of the molecule is Cc1cc(C(C)Nc2cc(Cl)nc(C3CC3)n2)c(C)s1. The van der Waals surface area contributed by atoms with Crippen LogP contribution in [0.4, 0.5) is 5.82 Å². The first-order valence-corrected chi connectivity index (χ1v) is 8.10. The van der Waals surface area contributed by atoms with Gasteiger partial charge in [-0.05, 0) is 45.2 Å². The van der Waals surface area contributed by atoms with Crippen molar-refractivity contribution in [2.75, 3.05) is 5.32 Å². The maximum Gasteiger partial charge on any atom is 0.135 e. The number of hydrogen-bond donors (Lipinski definition) is 1. The number of nitrogens with zero attached hydrogens (tertiary/aromatic N) is 2. The van der Waals surface area contributed by atoms with E-state index in [0.717, 1.165) is 11.6 Å². The molecule has 0 aliphatic heterocycles. The summed E-state index contributed by atoms with van der Waals surface area (Å²) in [7, 11) is 0. The second-order valence-corrected chi connectivity index (χ2v) is 7.29. The van der Waals surface area contributed by atoms with Gasteiger partial charge < -0.3 is 5.32 Å². The summed E-state index contributed by atoms with van der Waals surface area (Å²) in [5, 5.41) is 3.97. The van der Waals surface area contributed by atoms with E-state index in [1.807, 2.05) is 11.3 Å². The van der Waals surface area contributed by atoms with Crippen LogP contribution in [0.2, 0.25) is 5.15 Å². The third kappa shape index (κ3) is 2.96. The van der Waals surface area contributed by atoms with Gasteiger partial charge in [-0.1, -0.05) is 11.6 Å². The van der Waals surface area contributed by atoms with Gasteiger partial charge >= 0.3 is 0 Å². The first-order valence-electron chi connectivity index (χ1n) is 6.91. The number of aryl methyl sites for hydroxylation is 2. The average Bonchev–Trinajstić information content (AvgIpc) is 3.14. The summed E-state index contributed by atoms with van der Waals surface area (Å²) in [6.07, 6.45) is 2.36. The Bertz CT molecular complexity index is 634. The minimum absolute atomic E-state index is 0.220. The third-order valence-corrected chi connectivity index (χ3v) is 4.74. The monoisotopic (exact) mass is 307 g/mol. The van der Waals surface area contributed by atoms with Crippen molar-refractivity contribution >= 4 is 28.8 Å². The van der Waals surface area contributed by atoms with Crippen LogP contribution in [0.1, 0.15) is 52.9 Å². The molecule has 0 saturated heterocycles. The van der Waals surface area contributed by atoms with Gasteiger partial charge in [0.25, 0.3) is 0 Å². The number of nitrogens with one attached hydrogen (secondary N) is 1. The van der Waals surface area contributed by atoms with Gasteiger partial charge in [0.05, 0.1) is 6.04 Å². The molecular weight excluding hydrogens is 290 g/mol. The van der Waals surface area contributed by atoms with Crippen LogP contribution >= 0.6 is 22.9 Å². The average molecular weight is 308 g/mol. The van der Waals surface area contributed by atoms with E-state index in [4.69, 9.17) is 11.6 Å².